The lowest BCUT2D eigenvalue weighted by molar-refractivity contribution is 0.329. The Morgan fingerprint density at radius 3 is 2.52 bits per heavy atom. The van der Waals surface area contributed by atoms with Gasteiger partial charge in [-0.1, -0.05) is 37.1 Å². The third-order valence-corrected chi connectivity index (χ3v) is 4.46. The number of nitrogens with two attached hydrogens (primary N) is 1. The normalized spacial score (nSPS) is 22.4. The van der Waals surface area contributed by atoms with Crippen molar-refractivity contribution < 1.29 is 4.52 Å². The van der Waals surface area contributed by atoms with E-state index in [1.807, 2.05) is 12.1 Å². The van der Waals surface area contributed by atoms with E-state index in [0.717, 1.165) is 23.7 Å². The van der Waals surface area contributed by atoms with Crippen LogP contribution < -0.4 is 5.73 Å². The molecule has 1 aliphatic carbocycles. The predicted molar refractivity (Wildman–Crippen MR) is 82.9 cm³/mol. The maximum absolute atomic E-state index is 5.56. The molecule has 1 aromatic heterocycles. The Labute approximate surface area is 125 Å². The van der Waals surface area contributed by atoms with E-state index in [4.69, 9.17) is 10.3 Å². The SMILES string of the molecule is CC1CCC(c2noc(-c3ccc(CCN)cc3)n2)CC1. The fraction of sp³-hybridized carbons (Fsp3) is 0.529. The number of hydrogen-bond donors (Lipinski definition) is 1. The molecule has 0 aliphatic heterocycles. The third kappa shape index (κ3) is 3.32. The molecule has 0 amide bonds. The largest absolute Gasteiger partial charge is 0.334 e. The van der Waals surface area contributed by atoms with Gasteiger partial charge >= 0.3 is 0 Å². The van der Waals surface area contributed by atoms with Crippen molar-refractivity contribution in [2.45, 2.75) is 44.9 Å². The second kappa shape index (κ2) is 6.39. The molecule has 2 aromatic rings. The first-order valence-electron chi connectivity index (χ1n) is 7.89. The number of benzene rings is 1. The Balaban J connectivity index is 1.72. The smallest absolute Gasteiger partial charge is 0.257 e. The predicted octanol–water partition coefficient (Wildman–Crippen LogP) is 3.53. The first kappa shape index (κ1) is 14.3. The highest BCUT2D eigenvalue weighted by Crippen LogP contribution is 2.34. The van der Waals surface area contributed by atoms with Crippen molar-refractivity contribution in [3.05, 3.63) is 35.7 Å². The molecule has 1 saturated carbocycles. The van der Waals surface area contributed by atoms with E-state index >= 15 is 0 Å². The van der Waals surface area contributed by atoms with Crippen LogP contribution >= 0.6 is 0 Å². The molecular weight excluding hydrogens is 262 g/mol. The van der Waals surface area contributed by atoms with E-state index < -0.39 is 0 Å². The molecule has 112 valence electrons. The van der Waals surface area contributed by atoms with E-state index in [1.54, 1.807) is 0 Å². The Kier molecular flexibility index (Phi) is 4.34. The molecule has 0 bridgehead atoms. The van der Waals surface area contributed by atoms with Crippen LogP contribution in [0.1, 0.15) is 49.9 Å². The summed E-state index contributed by atoms with van der Waals surface area (Å²) in [5.41, 5.74) is 7.79. The summed E-state index contributed by atoms with van der Waals surface area (Å²) in [7, 11) is 0. The summed E-state index contributed by atoms with van der Waals surface area (Å²) in [4.78, 5) is 4.60. The van der Waals surface area contributed by atoms with Crippen LogP contribution in [0.25, 0.3) is 11.5 Å². The standard InChI is InChI=1S/C17H23N3O/c1-12-2-6-14(7-3-12)16-19-17(21-20-16)15-8-4-13(5-9-15)10-11-18/h4-5,8-9,12,14H,2-3,6-7,10-11,18H2,1H3. The lowest BCUT2D eigenvalue weighted by atomic mass is 9.83. The second-order valence-electron chi connectivity index (χ2n) is 6.15. The van der Waals surface area contributed by atoms with Crippen molar-refractivity contribution >= 4 is 0 Å². The van der Waals surface area contributed by atoms with E-state index in [2.05, 4.69) is 29.2 Å². The Morgan fingerprint density at radius 2 is 1.86 bits per heavy atom. The molecule has 0 spiro atoms. The summed E-state index contributed by atoms with van der Waals surface area (Å²) >= 11 is 0. The second-order valence-corrected chi connectivity index (χ2v) is 6.15. The molecular formula is C17H23N3O. The summed E-state index contributed by atoms with van der Waals surface area (Å²) in [5.74, 6) is 2.81. The molecule has 1 aliphatic rings. The van der Waals surface area contributed by atoms with Crippen LogP contribution in [0, 0.1) is 5.92 Å². The average molecular weight is 285 g/mol. The number of hydrogen-bond acceptors (Lipinski definition) is 4. The molecule has 4 heteroatoms. The molecule has 3 rings (SSSR count). The first-order chi connectivity index (χ1) is 10.3. The van der Waals surface area contributed by atoms with Gasteiger partial charge in [0.05, 0.1) is 0 Å². The Hall–Kier alpha value is -1.68. The van der Waals surface area contributed by atoms with Crippen LogP contribution in [0.3, 0.4) is 0 Å². The fourth-order valence-corrected chi connectivity index (χ4v) is 3.02. The van der Waals surface area contributed by atoms with Crippen LogP contribution in [0.15, 0.2) is 28.8 Å². The molecule has 21 heavy (non-hydrogen) atoms. The highest BCUT2D eigenvalue weighted by Gasteiger charge is 2.24. The molecule has 0 atom stereocenters. The highest BCUT2D eigenvalue weighted by molar-refractivity contribution is 5.53. The summed E-state index contributed by atoms with van der Waals surface area (Å²) in [6.45, 7) is 2.99. The first-order valence-corrected chi connectivity index (χ1v) is 7.89. The van der Waals surface area contributed by atoms with Crippen molar-refractivity contribution in [3.8, 4) is 11.5 Å². The summed E-state index contributed by atoms with van der Waals surface area (Å²) in [5, 5.41) is 4.19. The maximum Gasteiger partial charge on any atom is 0.257 e. The lowest BCUT2D eigenvalue weighted by Crippen LogP contribution is -2.11. The highest BCUT2D eigenvalue weighted by atomic mass is 16.5. The van der Waals surface area contributed by atoms with Gasteiger partial charge in [0.15, 0.2) is 5.82 Å². The van der Waals surface area contributed by atoms with Crippen molar-refractivity contribution in [1.29, 1.82) is 0 Å². The molecule has 1 fully saturated rings. The van der Waals surface area contributed by atoms with Crippen molar-refractivity contribution in [2.24, 2.45) is 11.7 Å². The van der Waals surface area contributed by atoms with Crippen LogP contribution in [0.5, 0.6) is 0 Å². The minimum absolute atomic E-state index is 0.468. The van der Waals surface area contributed by atoms with E-state index in [1.165, 1.54) is 31.2 Å². The summed E-state index contributed by atoms with van der Waals surface area (Å²) in [6, 6.07) is 8.22. The Bertz CT molecular complexity index is 568. The van der Waals surface area contributed by atoms with Gasteiger partial charge in [-0.15, -0.1) is 0 Å². The molecule has 1 aromatic carbocycles. The van der Waals surface area contributed by atoms with E-state index in [9.17, 15) is 0 Å². The van der Waals surface area contributed by atoms with Crippen LogP contribution in [-0.4, -0.2) is 16.7 Å². The van der Waals surface area contributed by atoms with Gasteiger partial charge < -0.3 is 10.3 Å². The van der Waals surface area contributed by atoms with Crippen LogP contribution in [-0.2, 0) is 6.42 Å². The molecule has 1 heterocycles. The Morgan fingerprint density at radius 1 is 1.14 bits per heavy atom. The molecule has 4 nitrogen and oxygen atoms in total. The zero-order valence-electron chi connectivity index (χ0n) is 12.6. The van der Waals surface area contributed by atoms with Crippen molar-refractivity contribution in [2.75, 3.05) is 6.54 Å². The van der Waals surface area contributed by atoms with Gasteiger partial charge in [0.25, 0.3) is 5.89 Å². The minimum Gasteiger partial charge on any atom is -0.334 e. The monoisotopic (exact) mass is 285 g/mol. The van der Waals surface area contributed by atoms with Crippen molar-refractivity contribution in [3.63, 3.8) is 0 Å². The molecule has 0 saturated heterocycles. The number of nitrogens with zero attached hydrogens (tertiary/aromatic N) is 2. The summed E-state index contributed by atoms with van der Waals surface area (Å²) < 4.78 is 5.44. The fourth-order valence-electron chi connectivity index (χ4n) is 3.02. The zero-order chi connectivity index (χ0) is 14.7. The third-order valence-electron chi connectivity index (χ3n) is 4.46. The van der Waals surface area contributed by atoms with Gasteiger partial charge in [-0.2, -0.15) is 4.98 Å². The minimum atomic E-state index is 0.468. The summed E-state index contributed by atoms with van der Waals surface area (Å²) in [6.07, 6.45) is 5.78. The van der Waals surface area contributed by atoms with Gasteiger partial charge in [-0.25, -0.2) is 0 Å². The van der Waals surface area contributed by atoms with Crippen LogP contribution in [0.4, 0.5) is 0 Å². The molecule has 2 N–H and O–H groups in total. The van der Waals surface area contributed by atoms with Gasteiger partial charge in [0.1, 0.15) is 0 Å². The van der Waals surface area contributed by atoms with Gasteiger partial charge in [0, 0.05) is 11.5 Å². The van der Waals surface area contributed by atoms with E-state index in [0.29, 0.717) is 18.4 Å². The average Bonchev–Trinajstić information content (AvgIpc) is 2.99. The molecule has 0 unspecified atom stereocenters. The van der Waals surface area contributed by atoms with Gasteiger partial charge in [-0.05, 0) is 49.4 Å². The number of rotatable bonds is 4. The van der Waals surface area contributed by atoms with Crippen LogP contribution in [0.2, 0.25) is 0 Å². The lowest BCUT2D eigenvalue weighted by Gasteiger charge is -2.23. The zero-order valence-corrected chi connectivity index (χ0v) is 12.6. The topological polar surface area (TPSA) is 64.9 Å². The van der Waals surface area contributed by atoms with Gasteiger partial charge in [-0.3, -0.25) is 0 Å². The molecule has 0 radical (unpaired) electrons. The quantitative estimate of drug-likeness (QED) is 0.933. The maximum atomic E-state index is 5.56. The number of aromatic nitrogens is 2. The van der Waals surface area contributed by atoms with Gasteiger partial charge in [0.2, 0.25) is 0 Å². The van der Waals surface area contributed by atoms with E-state index in [-0.39, 0.29) is 0 Å². The van der Waals surface area contributed by atoms with Crippen molar-refractivity contribution in [1.82, 2.24) is 10.1 Å².